The highest BCUT2D eigenvalue weighted by Gasteiger charge is 2.15. The highest BCUT2D eigenvalue weighted by atomic mass is 32.1. The quantitative estimate of drug-likeness (QED) is 0.169. The van der Waals surface area contributed by atoms with Crippen LogP contribution < -0.4 is 5.73 Å². The minimum absolute atomic E-state index is 0.525. The van der Waals surface area contributed by atoms with Gasteiger partial charge in [0.2, 0.25) is 0 Å². The Morgan fingerprint density at radius 3 is 2.03 bits per heavy atom. The Labute approximate surface area is 227 Å². The molecular formula is C35H28N2S. The highest BCUT2D eigenvalue weighted by molar-refractivity contribution is 7.25. The van der Waals surface area contributed by atoms with Gasteiger partial charge in [-0.2, -0.15) is 0 Å². The van der Waals surface area contributed by atoms with Gasteiger partial charge in [0.15, 0.2) is 0 Å². The number of allylic oxidation sites excluding steroid dienone is 1. The first-order valence-corrected chi connectivity index (χ1v) is 13.7. The van der Waals surface area contributed by atoms with E-state index in [0.717, 1.165) is 29.7 Å². The Morgan fingerprint density at radius 2 is 1.29 bits per heavy atom. The molecule has 0 aliphatic rings. The van der Waals surface area contributed by atoms with Gasteiger partial charge in [-0.25, -0.2) is 4.99 Å². The summed E-state index contributed by atoms with van der Waals surface area (Å²) in [6.45, 7) is 0. The first kappa shape index (κ1) is 23.9. The van der Waals surface area contributed by atoms with E-state index < -0.39 is 0 Å². The summed E-state index contributed by atoms with van der Waals surface area (Å²) < 4.78 is 2.66. The number of fused-ring (bicyclic) bond motifs is 3. The highest BCUT2D eigenvalue weighted by Crippen LogP contribution is 2.42. The molecule has 0 atom stereocenters. The summed E-state index contributed by atoms with van der Waals surface area (Å²) in [5.41, 5.74) is 13.3. The van der Waals surface area contributed by atoms with Gasteiger partial charge in [-0.1, -0.05) is 121 Å². The van der Waals surface area contributed by atoms with Gasteiger partial charge in [-0.05, 0) is 47.2 Å². The van der Waals surface area contributed by atoms with Gasteiger partial charge >= 0.3 is 0 Å². The molecule has 1 heterocycles. The molecule has 3 heteroatoms. The molecule has 0 aliphatic heterocycles. The van der Waals surface area contributed by atoms with E-state index in [0.29, 0.717) is 5.84 Å². The van der Waals surface area contributed by atoms with Crippen LogP contribution in [0.25, 0.3) is 37.0 Å². The summed E-state index contributed by atoms with van der Waals surface area (Å²) in [6.07, 6.45) is 3.97. The maximum absolute atomic E-state index is 6.43. The lowest BCUT2D eigenvalue weighted by molar-refractivity contribution is 1.01. The monoisotopic (exact) mass is 508 g/mol. The number of aryl methyl sites for hydroxylation is 1. The Morgan fingerprint density at radius 1 is 0.658 bits per heavy atom. The van der Waals surface area contributed by atoms with Gasteiger partial charge in [0.1, 0.15) is 5.84 Å². The fourth-order valence-corrected chi connectivity index (χ4v) is 6.12. The molecule has 5 aromatic carbocycles. The van der Waals surface area contributed by atoms with Gasteiger partial charge in [0.05, 0.1) is 5.70 Å². The maximum atomic E-state index is 6.43. The van der Waals surface area contributed by atoms with Crippen LogP contribution in [0, 0.1) is 0 Å². The molecule has 0 unspecified atom stereocenters. The van der Waals surface area contributed by atoms with Gasteiger partial charge in [0, 0.05) is 25.7 Å². The van der Waals surface area contributed by atoms with Crippen molar-refractivity contribution < 1.29 is 0 Å². The minimum atomic E-state index is 0.525. The van der Waals surface area contributed by atoms with Crippen LogP contribution in [0.4, 0.5) is 0 Å². The average molecular weight is 509 g/mol. The number of aliphatic imine (C=N–C) groups is 1. The van der Waals surface area contributed by atoms with E-state index in [2.05, 4.69) is 84.9 Å². The van der Waals surface area contributed by atoms with Crippen LogP contribution in [0.5, 0.6) is 0 Å². The zero-order valence-corrected chi connectivity index (χ0v) is 21.9. The van der Waals surface area contributed by atoms with Crippen molar-refractivity contribution in [2.75, 3.05) is 0 Å². The second-order valence-corrected chi connectivity index (χ2v) is 10.4. The summed E-state index contributed by atoms with van der Waals surface area (Å²) in [5, 5.41) is 2.68. The lowest BCUT2D eigenvalue weighted by atomic mass is 9.92. The fraction of sp³-hybridized carbons (Fsp3) is 0.0571. The Hall–Kier alpha value is -4.47. The van der Waals surface area contributed by atoms with E-state index >= 15 is 0 Å². The van der Waals surface area contributed by atoms with E-state index in [4.69, 9.17) is 10.7 Å². The predicted octanol–water partition coefficient (Wildman–Crippen LogP) is 9.10. The van der Waals surface area contributed by atoms with Crippen LogP contribution in [0.3, 0.4) is 0 Å². The van der Waals surface area contributed by atoms with Crippen molar-refractivity contribution in [2.45, 2.75) is 12.8 Å². The van der Waals surface area contributed by atoms with Crippen molar-refractivity contribution in [1.82, 2.24) is 0 Å². The Balaban J connectivity index is 1.41. The molecule has 0 saturated carbocycles. The zero-order chi connectivity index (χ0) is 25.7. The number of rotatable bonds is 7. The zero-order valence-electron chi connectivity index (χ0n) is 21.0. The number of nitrogens with zero attached hydrogens (tertiary/aromatic N) is 1. The normalized spacial score (nSPS) is 12.3. The fourth-order valence-electron chi connectivity index (χ4n) is 5.01. The van der Waals surface area contributed by atoms with Crippen LogP contribution in [0.1, 0.15) is 23.1 Å². The Kier molecular flexibility index (Phi) is 6.84. The first-order chi connectivity index (χ1) is 18.8. The Bertz CT molecular complexity index is 1750. The van der Waals surface area contributed by atoms with Crippen molar-refractivity contribution in [3.05, 3.63) is 150 Å². The topological polar surface area (TPSA) is 38.4 Å². The van der Waals surface area contributed by atoms with Gasteiger partial charge in [0.25, 0.3) is 0 Å². The molecule has 0 bridgehead atoms. The SMILES string of the molecule is NC(=NC(=CCCc1ccc2sc3ccccc3c2c1-c1ccccc1)c1ccccc1)c1ccccc1. The summed E-state index contributed by atoms with van der Waals surface area (Å²) in [6, 6.07) is 44.3. The van der Waals surface area contributed by atoms with Crippen LogP contribution in [-0.2, 0) is 6.42 Å². The van der Waals surface area contributed by atoms with Gasteiger partial charge < -0.3 is 5.73 Å². The molecule has 6 rings (SSSR count). The van der Waals surface area contributed by atoms with E-state index in [1.54, 1.807) is 0 Å². The van der Waals surface area contributed by atoms with Crippen LogP contribution in [-0.4, -0.2) is 5.84 Å². The number of hydrogen-bond acceptors (Lipinski definition) is 2. The summed E-state index contributed by atoms with van der Waals surface area (Å²) in [7, 11) is 0. The van der Waals surface area contributed by atoms with Gasteiger partial charge in [-0.3, -0.25) is 0 Å². The molecule has 0 amide bonds. The van der Waals surface area contributed by atoms with Crippen molar-refractivity contribution in [2.24, 2.45) is 10.7 Å². The van der Waals surface area contributed by atoms with E-state index in [1.807, 2.05) is 59.9 Å². The molecule has 0 radical (unpaired) electrons. The standard InChI is InChI=1S/C35H28N2S/c36-35(28-17-8-3-9-18-28)37-30(25-13-4-1-5-14-25)21-12-19-27-23-24-32-34(29-20-10-11-22-31(29)38-32)33(27)26-15-6-2-7-16-26/h1-11,13-18,20-24H,12,19H2,(H2,36,37). The molecule has 0 aliphatic carbocycles. The number of nitrogens with two attached hydrogens (primary N) is 1. The molecule has 0 fully saturated rings. The van der Waals surface area contributed by atoms with Crippen molar-refractivity contribution in [3.8, 4) is 11.1 Å². The summed E-state index contributed by atoms with van der Waals surface area (Å²) in [5.74, 6) is 0.525. The predicted molar refractivity (Wildman–Crippen MR) is 165 cm³/mol. The number of amidine groups is 1. The van der Waals surface area contributed by atoms with Crippen molar-refractivity contribution >= 4 is 43.0 Å². The minimum Gasteiger partial charge on any atom is -0.383 e. The third kappa shape index (κ3) is 4.89. The molecule has 0 spiro atoms. The molecule has 2 N–H and O–H groups in total. The molecule has 0 saturated heterocycles. The smallest absolute Gasteiger partial charge is 0.131 e. The average Bonchev–Trinajstić information content (AvgIpc) is 3.36. The van der Waals surface area contributed by atoms with E-state index in [1.165, 1.54) is 36.9 Å². The third-order valence-corrected chi connectivity index (χ3v) is 7.96. The maximum Gasteiger partial charge on any atom is 0.131 e. The molecule has 2 nitrogen and oxygen atoms in total. The van der Waals surface area contributed by atoms with Crippen molar-refractivity contribution in [3.63, 3.8) is 0 Å². The largest absolute Gasteiger partial charge is 0.383 e. The van der Waals surface area contributed by atoms with E-state index in [-0.39, 0.29) is 0 Å². The molecule has 184 valence electrons. The number of hydrogen-bond donors (Lipinski definition) is 1. The van der Waals surface area contributed by atoms with Crippen LogP contribution in [0.15, 0.2) is 138 Å². The lowest BCUT2D eigenvalue weighted by Gasteiger charge is -2.12. The second-order valence-electron chi connectivity index (χ2n) is 9.29. The summed E-state index contributed by atoms with van der Waals surface area (Å²) in [4.78, 5) is 4.87. The van der Waals surface area contributed by atoms with E-state index in [9.17, 15) is 0 Å². The molecular weight excluding hydrogens is 480 g/mol. The summed E-state index contributed by atoms with van der Waals surface area (Å²) >= 11 is 1.87. The van der Waals surface area contributed by atoms with Crippen molar-refractivity contribution in [1.29, 1.82) is 0 Å². The second kappa shape index (κ2) is 10.9. The molecule has 1 aromatic heterocycles. The van der Waals surface area contributed by atoms with Gasteiger partial charge in [-0.15, -0.1) is 11.3 Å². The first-order valence-electron chi connectivity index (χ1n) is 12.9. The molecule has 38 heavy (non-hydrogen) atoms. The number of benzene rings is 5. The lowest BCUT2D eigenvalue weighted by Crippen LogP contribution is -2.13. The molecule has 6 aromatic rings. The van der Waals surface area contributed by atoms with Crippen LogP contribution in [0.2, 0.25) is 0 Å². The van der Waals surface area contributed by atoms with Crippen LogP contribution >= 0.6 is 11.3 Å². The third-order valence-electron chi connectivity index (χ3n) is 6.82. The number of thiophene rings is 1.